The number of rotatable bonds is 6. The first-order chi connectivity index (χ1) is 16.5. The molecule has 4 rings (SSSR count). The summed E-state index contributed by atoms with van der Waals surface area (Å²) in [5.74, 6) is 0.00936. The van der Waals surface area contributed by atoms with Crippen molar-refractivity contribution < 1.29 is 23.5 Å². The molecule has 2 amide bonds. The molecule has 0 aliphatic carbocycles. The van der Waals surface area contributed by atoms with Crippen molar-refractivity contribution in [2.45, 2.75) is 0 Å². The van der Waals surface area contributed by atoms with Gasteiger partial charge in [-0.15, -0.1) is 0 Å². The fourth-order valence-corrected chi connectivity index (χ4v) is 3.87. The number of benzene rings is 3. The van der Waals surface area contributed by atoms with E-state index in [-0.39, 0.29) is 17.4 Å². The molecule has 3 aromatic carbocycles. The number of amides is 2. The standard InChI is InChI=1S/C26H26FN3O4/c1-33-21-15-18(16-22(17-21)34-2)25(31)28-19-7-9-20(10-8-19)29-11-13-30(14-12-29)26(32)23-5-3-4-6-24(23)27/h3-10,15-17H,11-14H2,1-2H3,(H,28,31). The van der Waals surface area contributed by atoms with Crippen LogP contribution in [0, 0.1) is 5.82 Å². The number of carbonyl (C=O) groups is 2. The predicted molar refractivity (Wildman–Crippen MR) is 128 cm³/mol. The van der Waals surface area contributed by atoms with Crippen molar-refractivity contribution in [1.82, 2.24) is 4.90 Å². The van der Waals surface area contributed by atoms with Crippen LogP contribution in [0.1, 0.15) is 20.7 Å². The quantitative estimate of drug-likeness (QED) is 0.597. The van der Waals surface area contributed by atoms with Crippen LogP contribution in [0.3, 0.4) is 0 Å². The third-order valence-corrected chi connectivity index (χ3v) is 5.78. The van der Waals surface area contributed by atoms with E-state index in [0.29, 0.717) is 48.9 Å². The predicted octanol–water partition coefficient (Wildman–Crippen LogP) is 4.06. The molecule has 0 bridgehead atoms. The number of nitrogens with zero attached hydrogens (tertiary/aromatic N) is 2. The SMILES string of the molecule is COc1cc(OC)cc(C(=O)Nc2ccc(N3CCN(C(=O)c4ccccc4F)CC3)cc2)c1. The molecule has 0 spiro atoms. The van der Waals surface area contributed by atoms with Crippen molar-refractivity contribution in [2.75, 3.05) is 50.6 Å². The van der Waals surface area contributed by atoms with Crippen LogP contribution in [0.4, 0.5) is 15.8 Å². The maximum Gasteiger partial charge on any atom is 0.256 e. The largest absolute Gasteiger partial charge is 0.497 e. The Hall–Kier alpha value is -4.07. The Kier molecular flexibility index (Phi) is 6.96. The molecule has 0 atom stereocenters. The van der Waals surface area contributed by atoms with Gasteiger partial charge in [-0.25, -0.2) is 4.39 Å². The van der Waals surface area contributed by atoms with Crippen molar-refractivity contribution in [3.8, 4) is 11.5 Å². The number of halogens is 1. The Bertz CT molecular complexity index is 1150. The van der Waals surface area contributed by atoms with Gasteiger partial charge in [0.2, 0.25) is 0 Å². The van der Waals surface area contributed by atoms with Gasteiger partial charge >= 0.3 is 0 Å². The molecule has 0 saturated carbocycles. The topological polar surface area (TPSA) is 71.1 Å². The Morgan fingerprint density at radius 1 is 0.853 bits per heavy atom. The third kappa shape index (κ3) is 5.11. The Balaban J connectivity index is 1.36. The summed E-state index contributed by atoms with van der Waals surface area (Å²) in [7, 11) is 3.07. The lowest BCUT2D eigenvalue weighted by molar-refractivity contribution is 0.0742. The van der Waals surface area contributed by atoms with E-state index < -0.39 is 5.82 Å². The van der Waals surface area contributed by atoms with Gasteiger partial charge < -0.3 is 24.6 Å². The number of carbonyl (C=O) groups excluding carboxylic acids is 2. The maximum atomic E-state index is 13.9. The zero-order valence-corrected chi connectivity index (χ0v) is 19.1. The van der Waals surface area contributed by atoms with Gasteiger partial charge in [-0.3, -0.25) is 9.59 Å². The van der Waals surface area contributed by atoms with Crippen molar-refractivity contribution in [3.05, 3.63) is 83.7 Å². The van der Waals surface area contributed by atoms with E-state index in [4.69, 9.17) is 9.47 Å². The van der Waals surface area contributed by atoms with Crippen molar-refractivity contribution >= 4 is 23.2 Å². The van der Waals surface area contributed by atoms with Crippen molar-refractivity contribution in [1.29, 1.82) is 0 Å². The summed E-state index contributed by atoms with van der Waals surface area (Å²) in [4.78, 5) is 29.1. The molecule has 0 unspecified atom stereocenters. The summed E-state index contributed by atoms with van der Waals surface area (Å²) in [6.07, 6.45) is 0. The number of piperazine rings is 1. The minimum atomic E-state index is -0.500. The summed E-state index contributed by atoms with van der Waals surface area (Å²) in [6.45, 7) is 2.28. The number of hydrogen-bond donors (Lipinski definition) is 1. The first-order valence-electron chi connectivity index (χ1n) is 10.9. The van der Waals surface area contributed by atoms with Gasteiger partial charge in [0.05, 0.1) is 19.8 Å². The molecular weight excluding hydrogens is 437 g/mol. The molecule has 7 nitrogen and oxygen atoms in total. The van der Waals surface area contributed by atoms with E-state index in [1.807, 2.05) is 24.3 Å². The number of nitrogens with one attached hydrogen (secondary N) is 1. The molecule has 8 heteroatoms. The monoisotopic (exact) mass is 463 g/mol. The van der Waals surface area contributed by atoms with Crippen molar-refractivity contribution in [2.24, 2.45) is 0 Å². The van der Waals surface area contributed by atoms with E-state index in [0.717, 1.165) is 5.69 Å². The van der Waals surface area contributed by atoms with Crippen LogP contribution in [0.2, 0.25) is 0 Å². The Labute approximate surface area is 197 Å². The highest BCUT2D eigenvalue weighted by molar-refractivity contribution is 6.04. The lowest BCUT2D eigenvalue weighted by atomic mass is 10.1. The minimum Gasteiger partial charge on any atom is -0.497 e. The molecule has 1 saturated heterocycles. The van der Waals surface area contributed by atoms with Crippen LogP contribution in [-0.4, -0.2) is 57.1 Å². The third-order valence-electron chi connectivity index (χ3n) is 5.78. The fourth-order valence-electron chi connectivity index (χ4n) is 3.87. The van der Waals surface area contributed by atoms with Gasteiger partial charge in [-0.1, -0.05) is 12.1 Å². The average molecular weight is 464 g/mol. The summed E-state index contributed by atoms with van der Waals surface area (Å²) in [5.41, 5.74) is 2.17. The maximum absolute atomic E-state index is 13.9. The molecule has 0 radical (unpaired) electrons. The molecule has 1 aliphatic rings. The molecule has 1 fully saturated rings. The van der Waals surface area contributed by atoms with Gasteiger partial charge in [-0.2, -0.15) is 0 Å². The van der Waals surface area contributed by atoms with Gasteiger partial charge in [0.15, 0.2) is 0 Å². The highest BCUT2D eigenvalue weighted by atomic mass is 19.1. The van der Waals surface area contributed by atoms with Gasteiger partial charge in [0.25, 0.3) is 11.8 Å². The normalized spacial score (nSPS) is 13.4. The van der Waals surface area contributed by atoms with Gasteiger partial charge in [0.1, 0.15) is 17.3 Å². The minimum absolute atomic E-state index is 0.102. The van der Waals surface area contributed by atoms with E-state index in [2.05, 4.69) is 10.2 Å². The zero-order chi connectivity index (χ0) is 24.1. The molecule has 3 aromatic rings. The second-order valence-electron chi connectivity index (χ2n) is 7.86. The second kappa shape index (κ2) is 10.2. The highest BCUT2D eigenvalue weighted by Crippen LogP contribution is 2.24. The molecule has 0 aromatic heterocycles. The van der Waals surface area contributed by atoms with Crippen LogP contribution >= 0.6 is 0 Å². The fraction of sp³-hybridized carbons (Fsp3) is 0.231. The smallest absolute Gasteiger partial charge is 0.256 e. The van der Waals surface area contributed by atoms with Gasteiger partial charge in [0, 0.05) is 49.2 Å². The van der Waals surface area contributed by atoms with E-state index >= 15 is 0 Å². The number of ether oxygens (including phenoxy) is 2. The number of hydrogen-bond acceptors (Lipinski definition) is 5. The second-order valence-corrected chi connectivity index (χ2v) is 7.86. The zero-order valence-electron chi connectivity index (χ0n) is 19.1. The average Bonchev–Trinajstić information content (AvgIpc) is 2.88. The highest BCUT2D eigenvalue weighted by Gasteiger charge is 2.24. The Morgan fingerprint density at radius 2 is 1.47 bits per heavy atom. The molecule has 1 N–H and O–H groups in total. The molecule has 34 heavy (non-hydrogen) atoms. The van der Waals surface area contributed by atoms with E-state index in [9.17, 15) is 14.0 Å². The molecule has 1 aliphatic heterocycles. The number of methoxy groups -OCH3 is 2. The Morgan fingerprint density at radius 3 is 2.06 bits per heavy atom. The van der Waals surface area contributed by atoms with Crippen molar-refractivity contribution in [3.63, 3.8) is 0 Å². The van der Waals surface area contributed by atoms with E-state index in [1.54, 1.807) is 35.2 Å². The molecule has 1 heterocycles. The first-order valence-corrected chi connectivity index (χ1v) is 10.9. The first kappa shape index (κ1) is 23.1. The van der Waals surface area contributed by atoms with Crippen LogP contribution in [0.5, 0.6) is 11.5 Å². The van der Waals surface area contributed by atoms with Crippen LogP contribution < -0.4 is 19.7 Å². The molecule has 176 valence electrons. The van der Waals surface area contributed by atoms with Crippen LogP contribution in [0.15, 0.2) is 66.7 Å². The summed E-state index contributed by atoms with van der Waals surface area (Å²) in [6, 6.07) is 18.6. The lowest BCUT2D eigenvalue weighted by Crippen LogP contribution is -2.49. The van der Waals surface area contributed by atoms with Crippen LogP contribution in [-0.2, 0) is 0 Å². The van der Waals surface area contributed by atoms with Gasteiger partial charge in [-0.05, 0) is 48.5 Å². The number of anilines is 2. The van der Waals surface area contributed by atoms with Crippen LogP contribution in [0.25, 0.3) is 0 Å². The summed E-state index contributed by atoms with van der Waals surface area (Å²) >= 11 is 0. The summed E-state index contributed by atoms with van der Waals surface area (Å²) < 4.78 is 24.4. The van der Waals surface area contributed by atoms with E-state index in [1.165, 1.54) is 26.4 Å². The molecular formula is C26H26FN3O4. The summed E-state index contributed by atoms with van der Waals surface area (Å²) in [5, 5.41) is 2.88. The lowest BCUT2D eigenvalue weighted by Gasteiger charge is -2.36.